The Kier molecular flexibility index (Phi) is 4.77. The minimum absolute atomic E-state index is 0.170. The number of rotatable bonds is 4. The molecule has 0 radical (unpaired) electrons. The van der Waals surface area contributed by atoms with Gasteiger partial charge in [-0.1, -0.05) is 22.0 Å². The highest BCUT2D eigenvalue weighted by Crippen LogP contribution is 2.32. The van der Waals surface area contributed by atoms with Crippen LogP contribution in [0.3, 0.4) is 0 Å². The quantitative estimate of drug-likeness (QED) is 0.856. The van der Waals surface area contributed by atoms with E-state index in [2.05, 4.69) is 28.6 Å². The number of thiol groups is 1. The normalized spacial score (nSPS) is 18.9. The van der Waals surface area contributed by atoms with Crippen molar-refractivity contribution in [2.75, 3.05) is 25.6 Å². The molecule has 1 aliphatic rings. The molecule has 0 aliphatic carbocycles. The largest absolute Gasteiger partial charge is 0.493 e. The lowest BCUT2D eigenvalue weighted by Gasteiger charge is -2.35. The summed E-state index contributed by atoms with van der Waals surface area (Å²) in [5.41, 5.74) is 0.170. The topological polar surface area (TPSA) is 18.5 Å². The fourth-order valence-corrected chi connectivity index (χ4v) is 2.73. The molecule has 0 bridgehead atoms. The highest BCUT2D eigenvalue weighted by molar-refractivity contribution is 9.10. The Hall–Kier alpha value is -0.190. The molecule has 2 rings (SSSR count). The average molecular weight is 317 g/mol. The standard InChI is InChI=1S/C13H17BrO2S/c14-11-2-1-3-12(8-11)16-9-13(10-17)4-6-15-7-5-13/h1-3,8,17H,4-7,9-10H2. The summed E-state index contributed by atoms with van der Waals surface area (Å²) in [4.78, 5) is 0. The van der Waals surface area contributed by atoms with Crippen molar-refractivity contribution in [3.63, 3.8) is 0 Å². The minimum Gasteiger partial charge on any atom is -0.493 e. The highest BCUT2D eigenvalue weighted by Gasteiger charge is 2.32. The van der Waals surface area contributed by atoms with E-state index < -0.39 is 0 Å². The molecule has 4 heteroatoms. The van der Waals surface area contributed by atoms with Crippen LogP contribution in [0.1, 0.15) is 12.8 Å². The smallest absolute Gasteiger partial charge is 0.120 e. The van der Waals surface area contributed by atoms with Crippen molar-refractivity contribution in [3.8, 4) is 5.75 Å². The van der Waals surface area contributed by atoms with Gasteiger partial charge in [0.2, 0.25) is 0 Å². The Bertz CT molecular complexity index is 364. The molecular formula is C13H17BrO2S. The summed E-state index contributed by atoms with van der Waals surface area (Å²) in [7, 11) is 0. The lowest BCUT2D eigenvalue weighted by molar-refractivity contribution is 0.00310. The maximum absolute atomic E-state index is 5.89. The maximum atomic E-state index is 5.89. The lowest BCUT2D eigenvalue weighted by atomic mass is 9.83. The SMILES string of the molecule is SCC1(COc2cccc(Br)c2)CCOCC1. The summed E-state index contributed by atoms with van der Waals surface area (Å²) < 4.78 is 12.3. The number of benzene rings is 1. The van der Waals surface area contributed by atoms with Crippen LogP contribution in [0.5, 0.6) is 5.75 Å². The Labute approximate surface area is 116 Å². The summed E-state index contributed by atoms with van der Waals surface area (Å²) >= 11 is 7.91. The molecule has 17 heavy (non-hydrogen) atoms. The van der Waals surface area contributed by atoms with Crippen LogP contribution in [0, 0.1) is 5.41 Å². The molecule has 1 aromatic carbocycles. The summed E-state index contributed by atoms with van der Waals surface area (Å²) in [6.45, 7) is 2.36. The van der Waals surface area contributed by atoms with E-state index in [0.29, 0.717) is 0 Å². The van der Waals surface area contributed by atoms with Gasteiger partial charge in [0.1, 0.15) is 5.75 Å². The van der Waals surface area contributed by atoms with Crippen LogP contribution in [0.2, 0.25) is 0 Å². The second-order valence-electron chi connectivity index (χ2n) is 4.52. The van der Waals surface area contributed by atoms with Gasteiger partial charge >= 0.3 is 0 Å². The van der Waals surface area contributed by atoms with Crippen molar-refractivity contribution in [2.45, 2.75) is 12.8 Å². The Morgan fingerprint density at radius 3 is 2.76 bits per heavy atom. The van der Waals surface area contributed by atoms with E-state index >= 15 is 0 Å². The zero-order chi connectivity index (χ0) is 12.1. The first-order chi connectivity index (χ1) is 8.24. The molecule has 0 unspecified atom stereocenters. The minimum atomic E-state index is 0.170. The second-order valence-corrected chi connectivity index (χ2v) is 5.75. The Balaban J connectivity index is 1.95. The van der Waals surface area contributed by atoms with Crippen LogP contribution in [-0.2, 0) is 4.74 Å². The van der Waals surface area contributed by atoms with Gasteiger partial charge in [0, 0.05) is 23.1 Å². The van der Waals surface area contributed by atoms with Gasteiger partial charge < -0.3 is 9.47 Å². The zero-order valence-electron chi connectivity index (χ0n) is 9.69. The average Bonchev–Trinajstić information content (AvgIpc) is 2.38. The van der Waals surface area contributed by atoms with Gasteiger partial charge in [0.15, 0.2) is 0 Å². The third-order valence-electron chi connectivity index (χ3n) is 3.23. The number of hydrogen-bond acceptors (Lipinski definition) is 3. The van der Waals surface area contributed by atoms with E-state index in [-0.39, 0.29) is 5.41 Å². The monoisotopic (exact) mass is 316 g/mol. The molecule has 1 fully saturated rings. The molecule has 2 nitrogen and oxygen atoms in total. The van der Waals surface area contributed by atoms with Crippen LogP contribution in [-0.4, -0.2) is 25.6 Å². The van der Waals surface area contributed by atoms with E-state index in [1.807, 2.05) is 24.3 Å². The van der Waals surface area contributed by atoms with Crippen molar-refractivity contribution in [3.05, 3.63) is 28.7 Å². The molecule has 0 atom stereocenters. The molecule has 1 aliphatic heterocycles. The molecule has 1 heterocycles. The second kappa shape index (κ2) is 6.12. The Morgan fingerprint density at radius 1 is 1.35 bits per heavy atom. The fraction of sp³-hybridized carbons (Fsp3) is 0.538. The first-order valence-electron chi connectivity index (χ1n) is 5.81. The molecule has 1 saturated heterocycles. The first kappa shape index (κ1) is 13.2. The van der Waals surface area contributed by atoms with Gasteiger partial charge in [-0.3, -0.25) is 0 Å². The molecule has 94 valence electrons. The molecular weight excluding hydrogens is 300 g/mol. The van der Waals surface area contributed by atoms with Gasteiger partial charge in [-0.15, -0.1) is 0 Å². The molecule has 0 spiro atoms. The van der Waals surface area contributed by atoms with Crippen molar-refractivity contribution < 1.29 is 9.47 Å². The highest BCUT2D eigenvalue weighted by atomic mass is 79.9. The third-order valence-corrected chi connectivity index (χ3v) is 4.39. The van der Waals surface area contributed by atoms with Gasteiger partial charge in [0.05, 0.1) is 6.61 Å². The van der Waals surface area contributed by atoms with Crippen molar-refractivity contribution in [1.29, 1.82) is 0 Å². The van der Waals surface area contributed by atoms with E-state index in [1.165, 1.54) is 0 Å². The van der Waals surface area contributed by atoms with Crippen LogP contribution < -0.4 is 4.74 Å². The van der Waals surface area contributed by atoms with Gasteiger partial charge in [0.25, 0.3) is 0 Å². The zero-order valence-corrected chi connectivity index (χ0v) is 12.2. The van der Waals surface area contributed by atoms with Crippen molar-refractivity contribution >= 4 is 28.6 Å². The molecule has 0 N–H and O–H groups in total. The van der Waals surface area contributed by atoms with E-state index in [1.54, 1.807) is 0 Å². The number of halogens is 1. The molecule has 0 saturated carbocycles. The van der Waals surface area contributed by atoms with Crippen LogP contribution >= 0.6 is 28.6 Å². The van der Waals surface area contributed by atoms with Crippen molar-refractivity contribution in [2.24, 2.45) is 5.41 Å². The predicted molar refractivity (Wildman–Crippen MR) is 76.0 cm³/mol. The maximum Gasteiger partial charge on any atom is 0.120 e. The third kappa shape index (κ3) is 3.63. The molecule has 0 aromatic heterocycles. The van der Waals surface area contributed by atoms with Crippen molar-refractivity contribution in [1.82, 2.24) is 0 Å². The molecule has 0 amide bonds. The van der Waals surface area contributed by atoms with E-state index in [0.717, 1.165) is 48.6 Å². The van der Waals surface area contributed by atoms with Gasteiger partial charge in [-0.05, 0) is 36.8 Å². The number of hydrogen-bond donors (Lipinski definition) is 1. The summed E-state index contributed by atoms with van der Waals surface area (Å²) in [5, 5.41) is 0. The first-order valence-corrected chi connectivity index (χ1v) is 7.24. The van der Waals surface area contributed by atoms with Crippen LogP contribution in [0.4, 0.5) is 0 Å². The van der Waals surface area contributed by atoms with Gasteiger partial charge in [-0.2, -0.15) is 12.6 Å². The summed E-state index contributed by atoms with van der Waals surface area (Å²) in [5.74, 6) is 1.76. The van der Waals surface area contributed by atoms with Crippen LogP contribution in [0.25, 0.3) is 0 Å². The number of ether oxygens (including phenoxy) is 2. The molecule has 1 aromatic rings. The summed E-state index contributed by atoms with van der Waals surface area (Å²) in [6.07, 6.45) is 2.06. The van der Waals surface area contributed by atoms with E-state index in [9.17, 15) is 0 Å². The lowest BCUT2D eigenvalue weighted by Crippen LogP contribution is -2.36. The van der Waals surface area contributed by atoms with Gasteiger partial charge in [-0.25, -0.2) is 0 Å². The summed E-state index contributed by atoms with van der Waals surface area (Å²) in [6, 6.07) is 7.95. The predicted octanol–water partition coefficient (Wildman–Crippen LogP) is 3.55. The van der Waals surface area contributed by atoms with Crippen LogP contribution in [0.15, 0.2) is 28.7 Å². The van der Waals surface area contributed by atoms with E-state index in [4.69, 9.17) is 9.47 Å². The fourth-order valence-electron chi connectivity index (χ4n) is 1.95. The Morgan fingerprint density at radius 2 is 2.12 bits per heavy atom.